The summed E-state index contributed by atoms with van der Waals surface area (Å²) in [7, 11) is 1.60. The molecule has 1 aliphatic rings. The molecule has 1 aliphatic heterocycles. The zero-order chi connectivity index (χ0) is 22.5. The fourth-order valence-corrected chi connectivity index (χ4v) is 3.89. The van der Waals surface area contributed by atoms with Gasteiger partial charge < -0.3 is 14.8 Å². The number of ether oxygens (including phenoxy) is 2. The van der Waals surface area contributed by atoms with Gasteiger partial charge in [0, 0.05) is 35.9 Å². The van der Waals surface area contributed by atoms with E-state index in [1.54, 1.807) is 19.4 Å². The number of hydrogen-bond acceptors (Lipinski definition) is 5. The molecule has 1 unspecified atom stereocenters. The number of nitrogens with one attached hydrogen (secondary N) is 2. The van der Waals surface area contributed by atoms with Crippen LogP contribution in [0.2, 0.25) is 0 Å². The van der Waals surface area contributed by atoms with Crippen LogP contribution in [0.4, 0.5) is 0 Å². The van der Waals surface area contributed by atoms with Crippen LogP contribution in [0.5, 0.6) is 11.5 Å². The normalized spacial score (nSPS) is 14.9. The van der Waals surface area contributed by atoms with E-state index in [1.807, 2.05) is 43.5 Å². The molecule has 0 aliphatic carbocycles. The van der Waals surface area contributed by atoms with Gasteiger partial charge in [-0.2, -0.15) is 5.10 Å². The first kappa shape index (κ1) is 21.6. The molecular weight excluding hydrogens is 406 g/mol. The molecule has 1 aromatic heterocycles. The van der Waals surface area contributed by atoms with Gasteiger partial charge in [0.25, 0.3) is 5.91 Å². The molecule has 0 radical (unpaired) electrons. The van der Waals surface area contributed by atoms with E-state index in [0.29, 0.717) is 30.9 Å². The Kier molecular flexibility index (Phi) is 6.54. The molecule has 0 spiro atoms. The summed E-state index contributed by atoms with van der Waals surface area (Å²) >= 11 is 0. The van der Waals surface area contributed by atoms with E-state index in [2.05, 4.69) is 15.5 Å². The number of carbonyl (C=O) groups excluding carboxylic acids is 2. The van der Waals surface area contributed by atoms with E-state index in [0.717, 1.165) is 34.4 Å². The summed E-state index contributed by atoms with van der Waals surface area (Å²) in [6.45, 7) is 2.98. The van der Waals surface area contributed by atoms with E-state index in [1.165, 1.54) is 0 Å². The number of fused-ring (bicyclic) bond motifs is 1. The lowest BCUT2D eigenvalue weighted by Crippen LogP contribution is -2.30. The van der Waals surface area contributed by atoms with Crippen molar-refractivity contribution in [2.45, 2.75) is 26.2 Å². The Hall–Kier alpha value is -3.61. The maximum Gasteiger partial charge on any atom is 0.251 e. The smallest absolute Gasteiger partial charge is 0.251 e. The number of nitrogens with zero attached hydrogens (tertiary/aromatic N) is 1. The van der Waals surface area contributed by atoms with E-state index in [4.69, 9.17) is 9.47 Å². The minimum atomic E-state index is -0.269. The molecule has 1 atom stereocenters. The molecule has 2 heterocycles. The van der Waals surface area contributed by atoms with Crippen LogP contribution in [-0.4, -0.2) is 42.1 Å². The van der Waals surface area contributed by atoms with Crippen molar-refractivity contribution >= 4 is 11.7 Å². The van der Waals surface area contributed by atoms with Gasteiger partial charge in [-0.3, -0.25) is 14.7 Å². The third-order valence-electron chi connectivity index (χ3n) is 5.70. The topological polar surface area (TPSA) is 93.3 Å². The first-order valence-electron chi connectivity index (χ1n) is 10.8. The van der Waals surface area contributed by atoms with Crippen molar-refractivity contribution in [1.82, 2.24) is 15.5 Å². The molecule has 166 valence electrons. The summed E-state index contributed by atoms with van der Waals surface area (Å²) in [6, 6.07) is 11.2. The van der Waals surface area contributed by atoms with E-state index >= 15 is 0 Å². The van der Waals surface area contributed by atoms with Gasteiger partial charge in [0.15, 0.2) is 0 Å². The van der Waals surface area contributed by atoms with E-state index < -0.39 is 0 Å². The molecule has 1 amide bonds. The van der Waals surface area contributed by atoms with Gasteiger partial charge in [0.1, 0.15) is 17.3 Å². The van der Waals surface area contributed by atoms with Crippen molar-refractivity contribution in [3.05, 3.63) is 65.5 Å². The van der Waals surface area contributed by atoms with Gasteiger partial charge in [0.2, 0.25) is 0 Å². The number of carbonyl (C=O) groups is 2. The van der Waals surface area contributed by atoms with Gasteiger partial charge in [0.05, 0.1) is 25.8 Å². The number of methoxy groups -OCH3 is 1. The molecule has 0 saturated heterocycles. The van der Waals surface area contributed by atoms with Gasteiger partial charge in [-0.1, -0.05) is 19.1 Å². The van der Waals surface area contributed by atoms with E-state index in [9.17, 15) is 9.59 Å². The number of aromatic amines is 1. The molecule has 0 bridgehead atoms. The Labute approximate surface area is 187 Å². The Morgan fingerprint density at radius 3 is 2.84 bits per heavy atom. The summed E-state index contributed by atoms with van der Waals surface area (Å²) < 4.78 is 11.4. The second-order valence-electron chi connectivity index (χ2n) is 7.95. The monoisotopic (exact) mass is 433 g/mol. The van der Waals surface area contributed by atoms with Gasteiger partial charge in [-0.05, 0) is 48.2 Å². The fraction of sp³-hybridized carbons (Fsp3) is 0.320. The largest absolute Gasteiger partial charge is 0.496 e. The maximum absolute atomic E-state index is 13.1. The lowest BCUT2D eigenvalue weighted by atomic mass is 9.89. The first-order chi connectivity index (χ1) is 15.6. The van der Waals surface area contributed by atoms with Crippen LogP contribution in [0.15, 0.2) is 48.8 Å². The van der Waals surface area contributed by atoms with Gasteiger partial charge in [-0.15, -0.1) is 0 Å². The third-order valence-corrected chi connectivity index (χ3v) is 5.70. The highest BCUT2D eigenvalue weighted by atomic mass is 16.5. The second kappa shape index (κ2) is 9.68. The molecule has 2 aromatic carbocycles. The van der Waals surface area contributed by atoms with Crippen LogP contribution >= 0.6 is 0 Å². The molecule has 4 rings (SSSR count). The summed E-state index contributed by atoms with van der Waals surface area (Å²) in [4.78, 5) is 25.4. The summed E-state index contributed by atoms with van der Waals surface area (Å²) in [5.41, 5.74) is 4.24. The van der Waals surface area contributed by atoms with Gasteiger partial charge >= 0.3 is 0 Å². The van der Waals surface area contributed by atoms with Crippen LogP contribution in [-0.2, 0) is 17.6 Å². The third kappa shape index (κ3) is 4.66. The van der Waals surface area contributed by atoms with Crippen molar-refractivity contribution in [3.63, 3.8) is 0 Å². The SMILES string of the molecule is CCCNC(=O)c1ccc2c(c1)CC(C(=O)Cc1ccc(-c3cn[nH]c3)cc1OC)CO2. The van der Waals surface area contributed by atoms with Gasteiger partial charge in [-0.25, -0.2) is 0 Å². The number of Topliss-reactive ketones (excluding diaryl/α,β-unsaturated/α-hetero) is 1. The Morgan fingerprint density at radius 2 is 2.09 bits per heavy atom. The summed E-state index contributed by atoms with van der Waals surface area (Å²) in [5, 5.41) is 9.66. The predicted molar refractivity (Wildman–Crippen MR) is 121 cm³/mol. The molecule has 0 saturated carbocycles. The quantitative estimate of drug-likeness (QED) is 0.566. The zero-order valence-electron chi connectivity index (χ0n) is 18.3. The number of ketones is 1. The molecule has 2 N–H and O–H groups in total. The standard InChI is InChI=1S/C25H27N3O4/c1-3-8-26-25(30)18-6-7-23-19(9-18)10-20(15-32-23)22(29)11-17-5-4-16(12-24(17)31-2)21-13-27-28-14-21/h4-7,9,12-14,20H,3,8,10-11,15H2,1-2H3,(H,26,30)(H,27,28). The summed E-state index contributed by atoms with van der Waals surface area (Å²) in [5.74, 6) is 1.12. The number of rotatable bonds is 8. The lowest BCUT2D eigenvalue weighted by Gasteiger charge is -2.25. The average molecular weight is 434 g/mol. The highest BCUT2D eigenvalue weighted by molar-refractivity contribution is 5.94. The van der Waals surface area contributed by atoms with Crippen molar-refractivity contribution < 1.29 is 19.1 Å². The van der Waals surface area contributed by atoms with E-state index in [-0.39, 0.29) is 24.0 Å². The zero-order valence-corrected chi connectivity index (χ0v) is 18.3. The second-order valence-corrected chi connectivity index (χ2v) is 7.95. The number of aromatic nitrogens is 2. The van der Waals surface area contributed by atoms with Crippen molar-refractivity contribution in [2.24, 2.45) is 5.92 Å². The molecular formula is C25H27N3O4. The number of hydrogen-bond donors (Lipinski definition) is 2. The average Bonchev–Trinajstić information content (AvgIpc) is 3.37. The molecule has 7 heteroatoms. The van der Waals surface area contributed by atoms with Crippen molar-refractivity contribution in [1.29, 1.82) is 0 Å². The van der Waals surface area contributed by atoms with Crippen LogP contribution in [0.1, 0.15) is 34.8 Å². The lowest BCUT2D eigenvalue weighted by molar-refractivity contribution is -0.123. The molecule has 7 nitrogen and oxygen atoms in total. The maximum atomic E-state index is 13.1. The molecule has 0 fully saturated rings. The number of amides is 1. The minimum Gasteiger partial charge on any atom is -0.496 e. The highest BCUT2D eigenvalue weighted by Gasteiger charge is 2.27. The van der Waals surface area contributed by atoms with Crippen LogP contribution < -0.4 is 14.8 Å². The Morgan fingerprint density at radius 1 is 1.22 bits per heavy atom. The van der Waals surface area contributed by atoms with Crippen LogP contribution in [0.25, 0.3) is 11.1 Å². The molecule has 3 aromatic rings. The first-order valence-corrected chi connectivity index (χ1v) is 10.8. The van der Waals surface area contributed by atoms with Crippen LogP contribution in [0.3, 0.4) is 0 Å². The van der Waals surface area contributed by atoms with Crippen molar-refractivity contribution in [3.8, 4) is 22.6 Å². The van der Waals surface area contributed by atoms with Crippen molar-refractivity contribution in [2.75, 3.05) is 20.3 Å². The predicted octanol–water partition coefficient (Wildman–Crippen LogP) is 3.59. The number of benzene rings is 2. The van der Waals surface area contributed by atoms with Crippen LogP contribution in [0, 0.1) is 5.92 Å². The number of H-pyrrole nitrogens is 1. The Bertz CT molecular complexity index is 1110. The fourth-order valence-electron chi connectivity index (χ4n) is 3.89. The molecule has 32 heavy (non-hydrogen) atoms. The highest BCUT2D eigenvalue weighted by Crippen LogP contribution is 2.31. The minimum absolute atomic E-state index is 0.0887. The Balaban J connectivity index is 1.47. The summed E-state index contributed by atoms with van der Waals surface area (Å²) in [6.07, 6.45) is 5.25.